The lowest BCUT2D eigenvalue weighted by molar-refractivity contribution is -0.134. The third-order valence-corrected chi connectivity index (χ3v) is 3.33. The van der Waals surface area contributed by atoms with Crippen LogP contribution in [-0.4, -0.2) is 47.8 Å². The SMILES string of the molecule is CC(C)(C)CC(=O)N1CCN(C(=O)c2ccco2)CC1. The van der Waals surface area contributed by atoms with Gasteiger partial charge in [-0.25, -0.2) is 0 Å². The maximum absolute atomic E-state index is 12.1. The molecule has 0 bridgehead atoms. The molecule has 1 aromatic heterocycles. The Bertz CT molecular complexity index is 466. The highest BCUT2D eigenvalue weighted by Crippen LogP contribution is 2.20. The highest BCUT2D eigenvalue weighted by Gasteiger charge is 2.27. The Labute approximate surface area is 119 Å². The summed E-state index contributed by atoms with van der Waals surface area (Å²) in [5.41, 5.74) is -0.00178. The molecule has 0 spiro atoms. The molecule has 5 heteroatoms. The van der Waals surface area contributed by atoms with Crippen molar-refractivity contribution in [3.8, 4) is 0 Å². The summed E-state index contributed by atoms with van der Waals surface area (Å²) in [6.07, 6.45) is 2.04. The zero-order valence-corrected chi connectivity index (χ0v) is 12.4. The quantitative estimate of drug-likeness (QED) is 0.831. The van der Waals surface area contributed by atoms with Gasteiger partial charge in [-0.3, -0.25) is 9.59 Å². The lowest BCUT2D eigenvalue weighted by atomic mass is 9.91. The molecule has 0 atom stereocenters. The minimum atomic E-state index is -0.0991. The van der Waals surface area contributed by atoms with E-state index in [1.807, 2.05) is 4.90 Å². The molecular weight excluding hydrogens is 256 g/mol. The van der Waals surface area contributed by atoms with Gasteiger partial charge in [-0.15, -0.1) is 0 Å². The van der Waals surface area contributed by atoms with Crippen LogP contribution < -0.4 is 0 Å². The topological polar surface area (TPSA) is 53.8 Å². The zero-order chi connectivity index (χ0) is 14.8. The van der Waals surface area contributed by atoms with Crippen molar-refractivity contribution >= 4 is 11.8 Å². The Hall–Kier alpha value is -1.78. The Kier molecular flexibility index (Phi) is 4.16. The fourth-order valence-electron chi connectivity index (χ4n) is 2.28. The van der Waals surface area contributed by atoms with E-state index >= 15 is 0 Å². The van der Waals surface area contributed by atoms with E-state index in [2.05, 4.69) is 20.8 Å². The molecule has 0 N–H and O–H groups in total. The molecule has 110 valence electrons. The smallest absolute Gasteiger partial charge is 0.289 e. The molecule has 0 radical (unpaired) electrons. The maximum atomic E-state index is 12.1. The zero-order valence-electron chi connectivity index (χ0n) is 12.4. The second kappa shape index (κ2) is 5.69. The van der Waals surface area contributed by atoms with E-state index in [0.717, 1.165) is 0 Å². The van der Waals surface area contributed by atoms with Crippen LogP contribution in [0.5, 0.6) is 0 Å². The molecule has 0 aromatic carbocycles. The van der Waals surface area contributed by atoms with Crippen LogP contribution in [0.25, 0.3) is 0 Å². The van der Waals surface area contributed by atoms with Crippen LogP contribution >= 0.6 is 0 Å². The van der Waals surface area contributed by atoms with Gasteiger partial charge in [0.25, 0.3) is 5.91 Å². The molecule has 1 saturated heterocycles. The number of furan rings is 1. The van der Waals surface area contributed by atoms with Gasteiger partial charge in [0, 0.05) is 32.6 Å². The van der Waals surface area contributed by atoms with E-state index in [-0.39, 0.29) is 17.2 Å². The summed E-state index contributed by atoms with van der Waals surface area (Å²) in [7, 11) is 0. The average molecular weight is 278 g/mol. The summed E-state index contributed by atoms with van der Waals surface area (Å²) in [5.74, 6) is 0.431. The second-order valence-corrected chi connectivity index (χ2v) is 6.39. The van der Waals surface area contributed by atoms with Gasteiger partial charge in [-0.2, -0.15) is 0 Å². The first-order valence-electron chi connectivity index (χ1n) is 6.97. The molecule has 0 saturated carbocycles. The molecule has 1 aromatic rings. The van der Waals surface area contributed by atoms with Crippen LogP contribution in [0.2, 0.25) is 0 Å². The summed E-state index contributed by atoms with van der Waals surface area (Å²) >= 11 is 0. The molecule has 0 aliphatic carbocycles. The lowest BCUT2D eigenvalue weighted by Gasteiger charge is -2.35. The first kappa shape index (κ1) is 14.6. The van der Waals surface area contributed by atoms with E-state index in [0.29, 0.717) is 38.4 Å². The van der Waals surface area contributed by atoms with Crippen molar-refractivity contribution in [1.29, 1.82) is 0 Å². The van der Waals surface area contributed by atoms with Crippen LogP contribution in [0.3, 0.4) is 0 Å². The predicted molar refractivity (Wildman–Crippen MR) is 75.3 cm³/mol. The largest absolute Gasteiger partial charge is 0.459 e. The van der Waals surface area contributed by atoms with E-state index in [4.69, 9.17) is 4.42 Å². The number of nitrogens with zero attached hydrogens (tertiary/aromatic N) is 2. The number of hydrogen-bond acceptors (Lipinski definition) is 3. The highest BCUT2D eigenvalue weighted by atomic mass is 16.3. The van der Waals surface area contributed by atoms with Crippen LogP contribution in [0.15, 0.2) is 22.8 Å². The molecular formula is C15H22N2O3. The minimum absolute atomic E-state index is 0.00178. The summed E-state index contributed by atoms with van der Waals surface area (Å²) in [6, 6.07) is 3.37. The van der Waals surface area contributed by atoms with Crippen LogP contribution in [0, 0.1) is 5.41 Å². The summed E-state index contributed by atoms with van der Waals surface area (Å²) in [6.45, 7) is 8.50. The van der Waals surface area contributed by atoms with Gasteiger partial charge in [-0.1, -0.05) is 20.8 Å². The Morgan fingerprint density at radius 1 is 1.15 bits per heavy atom. The Balaban J connectivity index is 1.86. The van der Waals surface area contributed by atoms with E-state index in [9.17, 15) is 9.59 Å². The Morgan fingerprint density at radius 3 is 2.25 bits per heavy atom. The van der Waals surface area contributed by atoms with Crippen LogP contribution in [0.1, 0.15) is 37.7 Å². The van der Waals surface area contributed by atoms with Gasteiger partial charge in [0.15, 0.2) is 5.76 Å². The summed E-state index contributed by atoms with van der Waals surface area (Å²) in [4.78, 5) is 27.8. The van der Waals surface area contributed by atoms with E-state index in [1.165, 1.54) is 6.26 Å². The van der Waals surface area contributed by atoms with Crippen molar-refractivity contribution in [1.82, 2.24) is 9.80 Å². The van der Waals surface area contributed by atoms with Gasteiger partial charge >= 0.3 is 0 Å². The maximum Gasteiger partial charge on any atom is 0.289 e. The third kappa shape index (κ3) is 3.62. The first-order valence-corrected chi connectivity index (χ1v) is 6.97. The molecule has 2 heterocycles. The summed E-state index contributed by atoms with van der Waals surface area (Å²) in [5, 5.41) is 0. The monoisotopic (exact) mass is 278 g/mol. The highest BCUT2D eigenvalue weighted by molar-refractivity contribution is 5.91. The van der Waals surface area contributed by atoms with E-state index in [1.54, 1.807) is 17.0 Å². The molecule has 1 aliphatic heterocycles. The van der Waals surface area contributed by atoms with Crippen molar-refractivity contribution < 1.29 is 14.0 Å². The van der Waals surface area contributed by atoms with E-state index < -0.39 is 0 Å². The van der Waals surface area contributed by atoms with Gasteiger partial charge in [0.1, 0.15) is 0 Å². The lowest BCUT2D eigenvalue weighted by Crippen LogP contribution is -2.51. The number of amides is 2. The fourth-order valence-corrected chi connectivity index (χ4v) is 2.28. The van der Waals surface area contributed by atoms with Gasteiger partial charge in [0.2, 0.25) is 5.91 Å². The summed E-state index contributed by atoms with van der Waals surface area (Å²) < 4.78 is 5.12. The number of carbonyl (C=O) groups is 2. The van der Waals surface area contributed by atoms with Crippen LogP contribution in [0.4, 0.5) is 0 Å². The number of piperazine rings is 1. The van der Waals surface area contributed by atoms with Gasteiger partial charge in [-0.05, 0) is 17.5 Å². The Morgan fingerprint density at radius 2 is 1.75 bits per heavy atom. The second-order valence-electron chi connectivity index (χ2n) is 6.39. The van der Waals surface area contributed by atoms with Gasteiger partial charge in [0.05, 0.1) is 6.26 Å². The normalized spacial score (nSPS) is 16.4. The molecule has 5 nitrogen and oxygen atoms in total. The van der Waals surface area contributed by atoms with Crippen molar-refractivity contribution in [2.75, 3.05) is 26.2 Å². The molecule has 1 aliphatic rings. The molecule has 2 rings (SSSR count). The third-order valence-electron chi connectivity index (χ3n) is 3.33. The van der Waals surface area contributed by atoms with Crippen molar-refractivity contribution in [2.24, 2.45) is 5.41 Å². The fraction of sp³-hybridized carbons (Fsp3) is 0.600. The molecule has 1 fully saturated rings. The van der Waals surface area contributed by atoms with Crippen molar-refractivity contribution in [3.63, 3.8) is 0 Å². The minimum Gasteiger partial charge on any atom is -0.459 e. The van der Waals surface area contributed by atoms with Gasteiger partial charge < -0.3 is 14.2 Å². The van der Waals surface area contributed by atoms with Crippen LogP contribution in [-0.2, 0) is 4.79 Å². The first-order chi connectivity index (χ1) is 9.37. The molecule has 2 amide bonds. The number of rotatable bonds is 2. The standard InChI is InChI=1S/C15H22N2O3/c1-15(2,3)11-13(18)16-6-8-17(9-7-16)14(19)12-5-4-10-20-12/h4-5,10H,6-9,11H2,1-3H3. The number of carbonyl (C=O) groups excluding carboxylic acids is 2. The molecule has 20 heavy (non-hydrogen) atoms. The average Bonchev–Trinajstić information content (AvgIpc) is 2.90. The van der Waals surface area contributed by atoms with Crippen molar-refractivity contribution in [2.45, 2.75) is 27.2 Å². The van der Waals surface area contributed by atoms with Crippen molar-refractivity contribution in [3.05, 3.63) is 24.2 Å². The number of hydrogen-bond donors (Lipinski definition) is 0. The predicted octanol–water partition coefficient (Wildman–Crippen LogP) is 2.00. The molecule has 0 unspecified atom stereocenters.